The highest BCUT2D eigenvalue weighted by Crippen LogP contribution is 2.27. The molecule has 0 bridgehead atoms. The lowest BCUT2D eigenvalue weighted by molar-refractivity contribution is -0.131. The number of hydrogen-bond donors (Lipinski definition) is 2. The van der Waals surface area contributed by atoms with Crippen molar-refractivity contribution in [2.75, 3.05) is 39.2 Å². The van der Waals surface area contributed by atoms with Gasteiger partial charge in [-0.25, -0.2) is 0 Å². The zero-order chi connectivity index (χ0) is 27.5. The standard InChI is InChI=1S/C19H22Cl2N4O4.C6H7NO2/c1-24(6-8-29-16-5-4-13(20)9-15(16)21)18(26)12-25-11-14(10-22-25)23-19(27)17-3-2-7-28-17;1-9-6-4-5(8)2-3-7-6/h4-5,9-11,17H,2-3,6-8,12H2,1H3,(H,23,27);2-4H,1H3,(H,7,8). The largest absolute Gasteiger partial charge is 0.490 e. The van der Waals surface area contributed by atoms with Crippen LogP contribution in [0, 0.1) is 0 Å². The number of anilines is 1. The molecule has 1 saturated heterocycles. The predicted octanol–water partition coefficient (Wildman–Crippen LogP) is 3.23. The monoisotopic (exact) mass is 565 g/mol. The van der Waals surface area contributed by atoms with E-state index in [1.165, 1.54) is 35.0 Å². The molecule has 1 aromatic carbocycles. The van der Waals surface area contributed by atoms with Gasteiger partial charge in [-0.05, 0) is 31.0 Å². The number of pyridine rings is 1. The number of halogens is 2. The van der Waals surface area contributed by atoms with E-state index >= 15 is 0 Å². The zero-order valence-corrected chi connectivity index (χ0v) is 22.5. The molecule has 0 radical (unpaired) electrons. The second-order valence-electron chi connectivity index (χ2n) is 8.25. The number of benzene rings is 1. The lowest BCUT2D eigenvalue weighted by Crippen LogP contribution is -2.33. The number of ether oxygens (including phenoxy) is 3. The van der Waals surface area contributed by atoms with Crippen molar-refractivity contribution in [3.05, 3.63) is 69.2 Å². The van der Waals surface area contributed by atoms with E-state index in [0.717, 1.165) is 6.42 Å². The summed E-state index contributed by atoms with van der Waals surface area (Å²) in [5, 5.41) is 7.82. The smallest absolute Gasteiger partial charge is 0.253 e. The summed E-state index contributed by atoms with van der Waals surface area (Å²) in [5.41, 5.74) is 0.479. The van der Waals surface area contributed by atoms with Crippen molar-refractivity contribution in [1.29, 1.82) is 0 Å². The normalized spacial score (nSPS) is 14.3. The van der Waals surface area contributed by atoms with Crippen molar-refractivity contribution in [1.82, 2.24) is 19.7 Å². The van der Waals surface area contributed by atoms with Gasteiger partial charge in [0.1, 0.15) is 25.0 Å². The van der Waals surface area contributed by atoms with E-state index in [1.54, 1.807) is 37.6 Å². The Kier molecular flexibility index (Phi) is 11.0. The van der Waals surface area contributed by atoms with Gasteiger partial charge in [-0.3, -0.25) is 19.1 Å². The van der Waals surface area contributed by atoms with Gasteiger partial charge >= 0.3 is 0 Å². The van der Waals surface area contributed by atoms with Gasteiger partial charge in [0, 0.05) is 43.2 Å². The van der Waals surface area contributed by atoms with Crippen LogP contribution in [0.2, 0.25) is 10.0 Å². The number of aromatic nitrogens is 3. The van der Waals surface area contributed by atoms with Crippen molar-refractivity contribution in [2.24, 2.45) is 0 Å². The maximum Gasteiger partial charge on any atom is 0.253 e. The number of nitrogens with zero attached hydrogens (tertiary/aromatic N) is 3. The van der Waals surface area contributed by atoms with Crippen molar-refractivity contribution in [2.45, 2.75) is 25.5 Å². The minimum Gasteiger partial charge on any atom is -0.490 e. The van der Waals surface area contributed by atoms with E-state index in [2.05, 4.69) is 15.4 Å². The first-order valence-electron chi connectivity index (χ1n) is 11.7. The number of rotatable bonds is 9. The Hall–Kier alpha value is -3.54. The summed E-state index contributed by atoms with van der Waals surface area (Å²) in [7, 11) is 3.18. The maximum atomic E-state index is 12.4. The van der Waals surface area contributed by atoms with Gasteiger partial charge in [-0.1, -0.05) is 23.2 Å². The maximum absolute atomic E-state index is 12.4. The summed E-state index contributed by atoms with van der Waals surface area (Å²) in [5.74, 6) is 0.664. The molecule has 11 nitrogen and oxygen atoms in total. The highest BCUT2D eigenvalue weighted by molar-refractivity contribution is 6.35. The average Bonchev–Trinajstić information content (AvgIpc) is 3.58. The summed E-state index contributed by atoms with van der Waals surface area (Å²) in [6, 6.07) is 7.79. The van der Waals surface area contributed by atoms with Crippen molar-refractivity contribution >= 4 is 40.7 Å². The SMILES string of the molecule is CN(CCOc1ccc(Cl)cc1Cl)C(=O)Cn1cc(NC(=O)C2CCCO2)cn1.COc1cc(=O)cc[nH]1. The van der Waals surface area contributed by atoms with Crippen LogP contribution >= 0.6 is 23.2 Å². The van der Waals surface area contributed by atoms with Crippen molar-refractivity contribution in [3.8, 4) is 11.6 Å². The molecule has 1 fully saturated rings. The molecule has 1 aliphatic rings. The number of amides is 2. The molecule has 4 rings (SSSR count). The number of hydrogen-bond acceptors (Lipinski definition) is 7. The molecule has 0 aliphatic carbocycles. The molecule has 0 saturated carbocycles. The van der Waals surface area contributed by atoms with Gasteiger partial charge in [0.2, 0.25) is 5.91 Å². The quantitative estimate of drug-likeness (QED) is 0.407. The molecule has 3 heterocycles. The fourth-order valence-corrected chi connectivity index (χ4v) is 3.80. The molecular weight excluding hydrogens is 537 g/mol. The van der Waals surface area contributed by atoms with Gasteiger partial charge in [0.05, 0.1) is 30.6 Å². The molecular formula is C25H29Cl2N5O6. The Labute approximate surface area is 229 Å². The Morgan fingerprint density at radius 3 is 2.76 bits per heavy atom. The molecule has 1 atom stereocenters. The number of methoxy groups -OCH3 is 1. The van der Waals surface area contributed by atoms with Crippen LogP contribution in [0.25, 0.3) is 0 Å². The summed E-state index contributed by atoms with van der Waals surface area (Å²) in [4.78, 5) is 39.2. The fraction of sp³-hybridized carbons (Fsp3) is 0.360. The van der Waals surface area contributed by atoms with Crippen LogP contribution in [0.4, 0.5) is 5.69 Å². The predicted molar refractivity (Wildman–Crippen MR) is 143 cm³/mol. The minimum atomic E-state index is -0.416. The Morgan fingerprint density at radius 1 is 1.29 bits per heavy atom. The summed E-state index contributed by atoms with van der Waals surface area (Å²) in [6.07, 6.45) is 5.84. The molecule has 1 unspecified atom stereocenters. The van der Waals surface area contributed by atoms with Crippen LogP contribution in [0.15, 0.2) is 53.7 Å². The summed E-state index contributed by atoms with van der Waals surface area (Å²) < 4.78 is 17.2. The molecule has 204 valence electrons. The average molecular weight is 566 g/mol. The Bertz CT molecular complexity index is 1270. The molecule has 13 heteroatoms. The third kappa shape index (κ3) is 9.09. The number of carbonyl (C=O) groups is 2. The third-order valence-corrected chi connectivity index (χ3v) is 5.92. The number of likely N-dealkylation sites (N-methyl/N-ethyl adjacent to an activating group) is 1. The van der Waals surface area contributed by atoms with E-state index in [-0.39, 0.29) is 30.4 Å². The first kappa shape index (κ1) is 29.0. The third-order valence-electron chi connectivity index (χ3n) is 5.39. The Morgan fingerprint density at radius 2 is 2.11 bits per heavy atom. The van der Waals surface area contributed by atoms with Gasteiger partial charge in [-0.2, -0.15) is 5.10 Å². The van der Waals surface area contributed by atoms with Crippen molar-refractivity contribution < 1.29 is 23.8 Å². The second kappa shape index (κ2) is 14.4. The van der Waals surface area contributed by atoms with Crippen LogP contribution in [-0.4, -0.2) is 71.5 Å². The van der Waals surface area contributed by atoms with Crippen LogP contribution in [0.5, 0.6) is 11.6 Å². The highest BCUT2D eigenvalue weighted by Gasteiger charge is 2.24. The molecule has 38 heavy (non-hydrogen) atoms. The van der Waals surface area contributed by atoms with E-state index < -0.39 is 6.10 Å². The number of nitrogens with one attached hydrogen (secondary N) is 2. The molecule has 1 aliphatic heterocycles. The van der Waals surface area contributed by atoms with Crippen LogP contribution in [0.3, 0.4) is 0 Å². The van der Waals surface area contributed by atoms with Crippen LogP contribution < -0.4 is 20.2 Å². The van der Waals surface area contributed by atoms with E-state index in [4.69, 9.17) is 37.4 Å². The minimum absolute atomic E-state index is 0.0496. The van der Waals surface area contributed by atoms with Gasteiger partial charge < -0.3 is 29.4 Å². The topological polar surface area (TPSA) is 128 Å². The molecule has 3 aromatic rings. The summed E-state index contributed by atoms with van der Waals surface area (Å²) in [6.45, 7) is 1.31. The van der Waals surface area contributed by atoms with Crippen molar-refractivity contribution in [3.63, 3.8) is 0 Å². The van der Waals surface area contributed by atoms with E-state index in [1.807, 2.05) is 0 Å². The van der Waals surface area contributed by atoms with Crippen LogP contribution in [0.1, 0.15) is 12.8 Å². The van der Waals surface area contributed by atoms with Crippen LogP contribution in [-0.2, 0) is 20.9 Å². The van der Waals surface area contributed by atoms with E-state index in [9.17, 15) is 14.4 Å². The zero-order valence-electron chi connectivity index (χ0n) is 21.0. The lowest BCUT2D eigenvalue weighted by atomic mass is 10.2. The molecule has 2 amide bonds. The molecule has 0 spiro atoms. The summed E-state index contributed by atoms with van der Waals surface area (Å²) >= 11 is 11.9. The number of H-pyrrole nitrogens is 1. The van der Waals surface area contributed by atoms with Gasteiger partial charge in [0.25, 0.3) is 5.91 Å². The second-order valence-corrected chi connectivity index (χ2v) is 9.09. The number of aromatic amines is 1. The fourth-order valence-electron chi connectivity index (χ4n) is 3.33. The first-order chi connectivity index (χ1) is 18.2. The van der Waals surface area contributed by atoms with Gasteiger partial charge in [0.15, 0.2) is 11.3 Å². The number of carbonyl (C=O) groups excluding carboxylic acids is 2. The molecule has 2 aromatic heterocycles. The van der Waals surface area contributed by atoms with Gasteiger partial charge in [-0.15, -0.1) is 0 Å². The Balaban J connectivity index is 0.000000375. The highest BCUT2D eigenvalue weighted by atomic mass is 35.5. The first-order valence-corrected chi connectivity index (χ1v) is 12.5. The molecule has 2 N–H and O–H groups in total. The van der Waals surface area contributed by atoms with E-state index in [0.29, 0.717) is 46.9 Å². The lowest BCUT2D eigenvalue weighted by Gasteiger charge is -2.18.